The molecule has 0 amide bonds. The fourth-order valence-electron chi connectivity index (χ4n) is 5.54. The molecule has 0 saturated heterocycles. The van der Waals surface area contributed by atoms with Crippen LogP contribution >= 0.6 is 11.6 Å². The maximum absolute atomic E-state index is 12.9. The van der Waals surface area contributed by atoms with Gasteiger partial charge in [-0.05, 0) is 48.2 Å². The zero-order valence-electron chi connectivity index (χ0n) is 17.2. The third-order valence-corrected chi connectivity index (χ3v) is 7.22. The summed E-state index contributed by atoms with van der Waals surface area (Å²) >= 11 is 6.37. The first-order valence-corrected chi connectivity index (χ1v) is 11.5. The van der Waals surface area contributed by atoms with Crippen molar-refractivity contribution < 1.29 is 14.3 Å². The van der Waals surface area contributed by atoms with Crippen molar-refractivity contribution in [2.75, 3.05) is 0 Å². The summed E-state index contributed by atoms with van der Waals surface area (Å²) in [6, 6.07) is 19.5. The Labute approximate surface area is 187 Å². The minimum atomic E-state index is -1.04. The number of esters is 1. The Morgan fingerprint density at radius 2 is 1.71 bits per heavy atom. The molecule has 1 spiro atoms. The first-order valence-electron chi connectivity index (χ1n) is 11.1. The maximum atomic E-state index is 12.9. The lowest BCUT2D eigenvalue weighted by molar-refractivity contribution is 0.0224. The molecule has 1 aliphatic carbocycles. The zero-order chi connectivity index (χ0) is 21.0. The summed E-state index contributed by atoms with van der Waals surface area (Å²) in [6.45, 7) is 0. The molecule has 3 nitrogen and oxygen atoms in total. The normalized spacial score (nSPS) is 21.8. The highest BCUT2D eigenvalue weighted by atomic mass is 35.5. The van der Waals surface area contributed by atoms with Crippen LogP contribution in [-0.4, -0.2) is 5.97 Å². The summed E-state index contributed by atoms with van der Waals surface area (Å²) in [5.74, 6) is 1.85. The van der Waals surface area contributed by atoms with E-state index in [9.17, 15) is 4.79 Å². The fourth-order valence-corrected chi connectivity index (χ4v) is 5.71. The lowest BCUT2D eigenvalue weighted by Crippen LogP contribution is -2.33. The lowest BCUT2D eigenvalue weighted by Gasteiger charge is -2.37. The number of hydrogen-bond acceptors (Lipinski definition) is 3. The van der Waals surface area contributed by atoms with Crippen LogP contribution in [-0.2, 0) is 16.8 Å². The van der Waals surface area contributed by atoms with Gasteiger partial charge in [-0.3, -0.25) is 0 Å². The summed E-state index contributed by atoms with van der Waals surface area (Å²) in [5, 5.41) is 0.583. The van der Waals surface area contributed by atoms with E-state index in [2.05, 4.69) is 18.2 Å². The molecule has 0 N–H and O–H groups in total. The second-order valence-corrected chi connectivity index (χ2v) is 9.33. The van der Waals surface area contributed by atoms with E-state index in [-0.39, 0.29) is 5.97 Å². The van der Waals surface area contributed by atoms with Crippen LogP contribution < -0.4 is 4.74 Å². The molecule has 4 heteroatoms. The van der Waals surface area contributed by atoms with Gasteiger partial charge in [-0.15, -0.1) is 0 Å². The second-order valence-electron chi connectivity index (χ2n) is 8.90. The van der Waals surface area contributed by atoms with Crippen molar-refractivity contribution in [3.63, 3.8) is 0 Å². The van der Waals surface area contributed by atoms with Crippen molar-refractivity contribution in [3.8, 4) is 11.5 Å². The minimum Gasteiger partial charge on any atom is -0.456 e. The van der Waals surface area contributed by atoms with E-state index >= 15 is 0 Å². The van der Waals surface area contributed by atoms with Gasteiger partial charge < -0.3 is 9.47 Å². The van der Waals surface area contributed by atoms with Gasteiger partial charge in [0, 0.05) is 21.7 Å². The molecule has 2 heterocycles. The highest BCUT2D eigenvalue weighted by Gasteiger charge is 2.53. The topological polar surface area (TPSA) is 35.5 Å². The number of carbonyl (C=O) groups is 1. The Bertz CT molecular complexity index is 1190. The standard InChI is InChI=1S/C27H23ClO3/c28-19-11-13-24-23(16-19)27(21-9-5-4-8-20(21)26(29)31-27)22-12-10-18(15-25(22)30-24)14-17-6-2-1-3-7-17/h4-5,8-13,15-17H,1-3,6-7,14H2. The van der Waals surface area contributed by atoms with E-state index in [4.69, 9.17) is 21.1 Å². The van der Waals surface area contributed by atoms with Crippen LogP contribution in [0, 0.1) is 5.92 Å². The number of ether oxygens (including phenoxy) is 2. The van der Waals surface area contributed by atoms with Crippen molar-refractivity contribution in [1.29, 1.82) is 0 Å². The maximum Gasteiger partial charge on any atom is 0.340 e. The molecule has 31 heavy (non-hydrogen) atoms. The van der Waals surface area contributed by atoms with Gasteiger partial charge in [0.25, 0.3) is 0 Å². The summed E-state index contributed by atoms with van der Waals surface area (Å²) in [6.07, 6.45) is 7.68. The third kappa shape index (κ3) is 2.90. The molecular weight excluding hydrogens is 408 g/mol. The van der Waals surface area contributed by atoms with Crippen LogP contribution in [0.25, 0.3) is 0 Å². The van der Waals surface area contributed by atoms with Gasteiger partial charge >= 0.3 is 5.97 Å². The Kier molecular flexibility index (Phi) is 4.36. The Hall–Kier alpha value is -2.78. The van der Waals surface area contributed by atoms with Gasteiger partial charge in [-0.1, -0.05) is 74.0 Å². The number of carbonyl (C=O) groups excluding carboxylic acids is 1. The molecule has 0 radical (unpaired) electrons. The number of rotatable bonds is 2. The van der Waals surface area contributed by atoms with E-state index < -0.39 is 5.60 Å². The van der Waals surface area contributed by atoms with E-state index in [0.717, 1.165) is 34.8 Å². The largest absolute Gasteiger partial charge is 0.456 e. The fraction of sp³-hybridized carbons (Fsp3) is 0.296. The molecule has 3 aromatic rings. The summed E-state index contributed by atoms with van der Waals surface area (Å²) in [4.78, 5) is 12.9. The minimum absolute atomic E-state index is 0.319. The molecule has 1 saturated carbocycles. The third-order valence-electron chi connectivity index (χ3n) is 6.99. The summed E-state index contributed by atoms with van der Waals surface area (Å²) in [5.41, 5.74) is 3.29. The van der Waals surface area contributed by atoms with Crippen molar-refractivity contribution >= 4 is 17.6 Å². The van der Waals surface area contributed by atoms with Gasteiger partial charge in [0.2, 0.25) is 0 Å². The van der Waals surface area contributed by atoms with Gasteiger partial charge in [-0.2, -0.15) is 0 Å². The summed E-state index contributed by atoms with van der Waals surface area (Å²) < 4.78 is 12.5. The van der Waals surface area contributed by atoms with E-state index in [1.54, 1.807) is 0 Å². The molecule has 0 aromatic heterocycles. The van der Waals surface area contributed by atoms with Crippen molar-refractivity contribution in [1.82, 2.24) is 0 Å². The van der Waals surface area contributed by atoms with Gasteiger partial charge in [0.15, 0.2) is 5.60 Å². The Morgan fingerprint density at radius 1 is 0.871 bits per heavy atom. The second kappa shape index (κ2) is 7.13. The van der Waals surface area contributed by atoms with Crippen molar-refractivity contribution in [2.24, 2.45) is 5.92 Å². The first kappa shape index (κ1) is 18.9. The van der Waals surface area contributed by atoms with Crippen LogP contribution in [0.3, 0.4) is 0 Å². The predicted octanol–water partition coefficient (Wildman–Crippen LogP) is 7.03. The zero-order valence-corrected chi connectivity index (χ0v) is 18.0. The molecular formula is C27H23ClO3. The first-order chi connectivity index (χ1) is 15.1. The lowest BCUT2D eigenvalue weighted by atomic mass is 9.77. The number of hydrogen-bond donors (Lipinski definition) is 0. The van der Waals surface area contributed by atoms with Gasteiger partial charge in [0.05, 0.1) is 5.56 Å². The van der Waals surface area contributed by atoms with Crippen LogP contribution in [0.1, 0.15) is 64.7 Å². The molecule has 1 fully saturated rings. The Morgan fingerprint density at radius 3 is 2.58 bits per heavy atom. The highest BCUT2D eigenvalue weighted by Crippen LogP contribution is 2.56. The average molecular weight is 431 g/mol. The van der Waals surface area contributed by atoms with Crippen LogP contribution in [0.4, 0.5) is 0 Å². The SMILES string of the molecule is O=C1OC2(c3ccc(CC4CCCCC4)cc3Oc3ccc(Cl)cc32)c2ccccc21. The van der Waals surface area contributed by atoms with E-state index in [0.29, 0.717) is 16.3 Å². The molecule has 0 bridgehead atoms. The van der Waals surface area contributed by atoms with Crippen molar-refractivity contribution in [3.05, 3.63) is 93.5 Å². The summed E-state index contributed by atoms with van der Waals surface area (Å²) in [7, 11) is 0. The molecule has 3 aromatic carbocycles. The molecule has 3 aliphatic rings. The van der Waals surface area contributed by atoms with Crippen LogP contribution in [0.15, 0.2) is 60.7 Å². The smallest absolute Gasteiger partial charge is 0.340 e. The monoisotopic (exact) mass is 430 g/mol. The molecule has 6 rings (SSSR count). The molecule has 156 valence electrons. The molecule has 2 aliphatic heterocycles. The Balaban J connectivity index is 1.52. The van der Waals surface area contributed by atoms with Crippen molar-refractivity contribution in [2.45, 2.75) is 44.1 Å². The highest BCUT2D eigenvalue weighted by molar-refractivity contribution is 6.30. The molecule has 1 atom stereocenters. The predicted molar refractivity (Wildman–Crippen MR) is 120 cm³/mol. The number of benzene rings is 3. The van der Waals surface area contributed by atoms with Crippen LogP contribution in [0.5, 0.6) is 11.5 Å². The van der Waals surface area contributed by atoms with Gasteiger partial charge in [-0.25, -0.2) is 4.79 Å². The quantitative estimate of drug-likeness (QED) is 0.409. The number of halogens is 1. The van der Waals surface area contributed by atoms with Crippen LogP contribution in [0.2, 0.25) is 5.02 Å². The number of fused-ring (bicyclic) bond motifs is 6. The average Bonchev–Trinajstić information content (AvgIpc) is 3.08. The molecule has 1 unspecified atom stereocenters. The van der Waals surface area contributed by atoms with E-state index in [1.165, 1.54) is 37.7 Å². The van der Waals surface area contributed by atoms with E-state index in [1.807, 2.05) is 42.5 Å². The van der Waals surface area contributed by atoms with Gasteiger partial charge in [0.1, 0.15) is 11.5 Å².